The van der Waals surface area contributed by atoms with Crippen LogP contribution in [0.4, 0.5) is 5.69 Å². The number of benzene rings is 3. The van der Waals surface area contributed by atoms with Crippen LogP contribution < -0.4 is 0 Å². The standard InChI is InChI=1S/C23H20N4O5S/c28-23(20-15-18-6-3-7-21(27(29)30)22(18)24-20)25-10-12-26(13-11-25)33(31,32)19-9-8-16-4-1-2-5-17(16)14-19/h1-9,14-15,24H,10-13H2. The van der Waals surface area contributed by atoms with Crippen LogP contribution in [0.2, 0.25) is 0 Å². The maximum atomic E-state index is 13.1. The summed E-state index contributed by atoms with van der Waals surface area (Å²) >= 11 is 0. The van der Waals surface area contributed by atoms with Gasteiger partial charge < -0.3 is 9.88 Å². The quantitative estimate of drug-likeness (QED) is 0.367. The third-order valence-corrected chi connectivity index (χ3v) is 7.84. The molecule has 168 valence electrons. The number of para-hydroxylation sites is 1. The molecule has 10 heteroatoms. The molecule has 0 saturated carbocycles. The first-order chi connectivity index (χ1) is 15.8. The third-order valence-electron chi connectivity index (χ3n) is 5.95. The second-order valence-electron chi connectivity index (χ2n) is 7.89. The first-order valence-electron chi connectivity index (χ1n) is 10.4. The molecule has 9 nitrogen and oxygen atoms in total. The fraction of sp³-hybridized carbons (Fsp3) is 0.174. The largest absolute Gasteiger partial charge is 0.345 e. The zero-order valence-corrected chi connectivity index (χ0v) is 18.3. The molecule has 5 rings (SSSR count). The molecule has 1 aromatic heterocycles. The highest BCUT2D eigenvalue weighted by atomic mass is 32.2. The Bertz CT molecular complexity index is 1500. The Kier molecular flexibility index (Phi) is 5.10. The lowest BCUT2D eigenvalue weighted by Crippen LogP contribution is -2.50. The number of nitro benzene ring substituents is 1. The van der Waals surface area contributed by atoms with E-state index in [9.17, 15) is 23.3 Å². The molecule has 0 radical (unpaired) electrons. The minimum Gasteiger partial charge on any atom is -0.345 e. The summed E-state index contributed by atoms with van der Waals surface area (Å²) in [4.78, 5) is 28.4. The number of aromatic nitrogens is 1. The fourth-order valence-corrected chi connectivity index (χ4v) is 5.64. The summed E-state index contributed by atoms with van der Waals surface area (Å²) in [5.74, 6) is -0.316. The van der Waals surface area contributed by atoms with Gasteiger partial charge in [-0.25, -0.2) is 8.42 Å². The first kappa shape index (κ1) is 21.1. The topological polar surface area (TPSA) is 117 Å². The highest BCUT2D eigenvalue weighted by Gasteiger charge is 2.31. The number of hydrogen-bond donors (Lipinski definition) is 1. The van der Waals surface area contributed by atoms with E-state index in [0.717, 1.165) is 10.8 Å². The van der Waals surface area contributed by atoms with Gasteiger partial charge in [0, 0.05) is 37.6 Å². The maximum absolute atomic E-state index is 13.1. The molecule has 1 saturated heterocycles. The van der Waals surface area contributed by atoms with Gasteiger partial charge in [0.2, 0.25) is 10.0 Å². The Morgan fingerprint density at radius 1 is 0.879 bits per heavy atom. The molecule has 1 fully saturated rings. The number of rotatable bonds is 4. The summed E-state index contributed by atoms with van der Waals surface area (Å²) < 4.78 is 27.7. The highest BCUT2D eigenvalue weighted by molar-refractivity contribution is 7.89. The fourth-order valence-electron chi connectivity index (χ4n) is 4.19. The van der Waals surface area contributed by atoms with Crippen molar-refractivity contribution in [2.45, 2.75) is 4.90 Å². The van der Waals surface area contributed by atoms with Gasteiger partial charge in [0.15, 0.2) is 0 Å². The van der Waals surface area contributed by atoms with Crippen LogP contribution in [0, 0.1) is 10.1 Å². The van der Waals surface area contributed by atoms with E-state index >= 15 is 0 Å². The molecule has 0 unspecified atom stereocenters. The van der Waals surface area contributed by atoms with E-state index in [1.165, 1.54) is 10.4 Å². The zero-order chi connectivity index (χ0) is 23.2. The lowest BCUT2D eigenvalue weighted by Gasteiger charge is -2.33. The van der Waals surface area contributed by atoms with Crippen LogP contribution in [0.3, 0.4) is 0 Å². The van der Waals surface area contributed by atoms with Gasteiger partial charge in [-0.2, -0.15) is 4.31 Å². The Morgan fingerprint density at radius 2 is 1.58 bits per heavy atom. The smallest absolute Gasteiger partial charge is 0.293 e. The third kappa shape index (κ3) is 3.73. The maximum Gasteiger partial charge on any atom is 0.293 e. The Morgan fingerprint density at radius 3 is 2.30 bits per heavy atom. The number of non-ortho nitro benzene ring substituents is 1. The summed E-state index contributed by atoms with van der Waals surface area (Å²) in [5, 5.41) is 13.6. The van der Waals surface area contributed by atoms with Crippen molar-refractivity contribution in [1.82, 2.24) is 14.2 Å². The molecular formula is C23H20N4O5S. The molecular weight excluding hydrogens is 444 g/mol. The molecule has 1 amide bonds. The SMILES string of the molecule is O=C(c1cc2cccc([N+](=O)[O-])c2[nH]1)N1CCN(S(=O)(=O)c2ccc3ccccc3c2)CC1. The molecule has 3 aromatic carbocycles. The van der Waals surface area contributed by atoms with E-state index in [4.69, 9.17) is 0 Å². The van der Waals surface area contributed by atoms with E-state index in [0.29, 0.717) is 10.9 Å². The predicted octanol–water partition coefficient (Wildman–Crippen LogP) is 3.38. The molecule has 0 spiro atoms. The van der Waals surface area contributed by atoms with Crippen molar-refractivity contribution < 1.29 is 18.1 Å². The molecule has 0 atom stereocenters. The average Bonchev–Trinajstić information content (AvgIpc) is 3.27. The molecule has 1 N–H and O–H groups in total. The monoisotopic (exact) mass is 464 g/mol. The number of carbonyl (C=O) groups excluding carboxylic acids is 1. The molecule has 0 bridgehead atoms. The van der Waals surface area contributed by atoms with Crippen LogP contribution >= 0.6 is 0 Å². The number of carbonyl (C=O) groups is 1. The number of aromatic amines is 1. The van der Waals surface area contributed by atoms with Gasteiger partial charge in [0.05, 0.1) is 9.82 Å². The first-order valence-corrected chi connectivity index (χ1v) is 11.8. The molecule has 1 aliphatic rings. The predicted molar refractivity (Wildman–Crippen MR) is 124 cm³/mol. The van der Waals surface area contributed by atoms with E-state index in [1.807, 2.05) is 24.3 Å². The number of sulfonamides is 1. The summed E-state index contributed by atoms with van der Waals surface area (Å²) in [6.45, 7) is 0.786. The molecule has 1 aliphatic heterocycles. The number of hydrogen-bond acceptors (Lipinski definition) is 5. The Balaban J connectivity index is 1.33. The summed E-state index contributed by atoms with van der Waals surface area (Å²) in [7, 11) is -3.69. The van der Waals surface area contributed by atoms with Gasteiger partial charge >= 0.3 is 0 Å². The van der Waals surface area contributed by atoms with E-state index in [2.05, 4.69) is 4.98 Å². The van der Waals surface area contributed by atoms with Gasteiger partial charge in [-0.1, -0.05) is 42.5 Å². The van der Waals surface area contributed by atoms with Crippen LogP contribution in [-0.2, 0) is 10.0 Å². The average molecular weight is 465 g/mol. The number of nitro groups is 1. The number of piperazine rings is 1. The number of H-pyrrole nitrogens is 1. The van der Waals surface area contributed by atoms with Gasteiger partial charge in [-0.15, -0.1) is 0 Å². The number of amides is 1. The molecule has 33 heavy (non-hydrogen) atoms. The van der Waals surface area contributed by atoms with E-state index in [1.54, 1.807) is 41.3 Å². The van der Waals surface area contributed by atoms with Gasteiger partial charge in [-0.05, 0) is 29.0 Å². The zero-order valence-electron chi connectivity index (χ0n) is 17.5. The van der Waals surface area contributed by atoms with Crippen LogP contribution in [0.5, 0.6) is 0 Å². The van der Waals surface area contributed by atoms with Gasteiger partial charge in [0.1, 0.15) is 11.2 Å². The Labute approximate surface area is 189 Å². The van der Waals surface area contributed by atoms with Gasteiger partial charge in [-0.3, -0.25) is 14.9 Å². The normalized spacial score (nSPS) is 15.2. The van der Waals surface area contributed by atoms with E-state index in [-0.39, 0.29) is 48.4 Å². The second kappa shape index (κ2) is 7.98. The van der Waals surface area contributed by atoms with Crippen molar-refractivity contribution in [3.63, 3.8) is 0 Å². The molecule has 4 aromatic rings. The Hall–Kier alpha value is -3.76. The summed E-state index contributed by atoms with van der Waals surface area (Å²) in [6.07, 6.45) is 0. The van der Waals surface area contributed by atoms with Crippen molar-refractivity contribution in [2.24, 2.45) is 0 Å². The van der Waals surface area contributed by atoms with Gasteiger partial charge in [0.25, 0.3) is 11.6 Å². The van der Waals surface area contributed by atoms with E-state index < -0.39 is 14.9 Å². The second-order valence-corrected chi connectivity index (χ2v) is 9.82. The number of fused-ring (bicyclic) bond motifs is 2. The number of nitrogens with one attached hydrogen (secondary N) is 1. The lowest BCUT2D eigenvalue weighted by molar-refractivity contribution is -0.383. The van der Waals surface area contributed by atoms with Crippen molar-refractivity contribution in [3.8, 4) is 0 Å². The summed E-state index contributed by atoms with van der Waals surface area (Å²) in [6, 6.07) is 18.8. The van der Waals surface area contributed by atoms with Crippen LogP contribution in [0.15, 0.2) is 71.6 Å². The minimum absolute atomic E-state index is 0.0992. The van der Waals surface area contributed by atoms with Crippen LogP contribution in [0.1, 0.15) is 10.5 Å². The van der Waals surface area contributed by atoms with Crippen LogP contribution in [0.25, 0.3) is 21.7 Å². The minimum atomic E-state index is -3.69. The van der Waals surface area contributed by atoms with Crippen molar-refractivity contribution in [2.75, 3.05) is 26.2 Å². The molecule has 0 aliphatic carbocycles. The van der Waals surface area contributed by atoms with Crippen molar-refractivity contribution in [3.05, 3.63) is 82.5 Å². The number of nitrogens with zero attached hydrogens (tertiary/aromatic N) is 3. The summed E-state index contributed by atoms with van der Waals surface area (Å²) in [5.41, 5.74) is 0.436. The highest BCUT2D eigenvalue weighted by Crippen LogP contribution is 2.27. The molecule has 2 heterocycles. The van der Waals surface area contributed by atoms with Crippen molar-refractivity contribution in [1.29, 1.82) is 0 Å². The van der Waals surface area contributed by atoms with Crippen LogP contribution in [-0.4, -0.2) is 59.6 Å². The van der Waals surface area contributed by atoms with Crippen molar-refractivity contribution >= 4 is 43.3 Å². The lowest BCUT2D eigenvalue weighted by atomic mass is 10.1.